The van der Waals surface area contributed by atoms with Gasteiger partial charge in [0.25, 0.3) is 0 Å². The minimum Gasteiger partial charge on any atom is -0.508 e. The Morgan fingerprint density at radius 3 is 1.85 bits per heavy atom. The van der Waals surface area contributed by atoms with Crippen LogP contribution in [0.1, 0.15) is 37.2 Å². The third-order valence-electron chi connectivity index (χ3n) is 6.86. The van der Waals surface area contributed by atoms with E-state index in [0.717, 1.165) is 17.0 Å². The van der Waals surface area contributed by atoms with Gasteiger partial charge in [0.1, 0.15) is 35.4 Å². The molecular formula is C37H62N10O8. The van der Waals surface area contributed by atoms with E-state index in [1.165, 1.54) is 46.1 Å². The average Bonchev–Trinajstić information content (AvgIpc) is 3.94. The van der Waals surface area contributed by atoms with Crippen LogP contribution in [-0.2, 0) is 16.0 Å². The van der Waals surface area contributed by atoms with Gasteiger partial charge in [-0.15, -0.1) is 0 Å². The first-order valence-electron chi connectivity index (χ1n) is 16.6. The van der Waals surface area contributed by atoms with E-state index in [2.05, 4.69) is 48.9 Å². The van der Waals surface area contributed by atoms with Gasteiger partial charge < -0.3 is 58.2 Å². The zero-order valence-corrected chi connectivity index (χ0v) is 32.4. The van der Waals surface area contributed by atoms with Gasteiger partial charge in [0, 0.05) is 57.7 Å². The number of likely N-dealkylation sites (N-methyl/N-ethyl adjacent to an activating group) is 1. The molecule has 0 bridgehead atoms. The number of methoxy groups -OCH3 is 2. The van der Waals surface area contributed by atoms with E-state index in [-0.39, 0.29) is 43.2 Å². The number of nitrogens with one attached hydrogen (secondary N) is 3. The molecule has 55 heavy (non-hydrogen) atoms. The number of amides is 3. The number of benzene rings is 2. The first-order valence-corrected chi connectivity index (χ1v) is 16.6. The van der Waals surface area contributed by atoms with Gasteiger partial charge in [0.05, 0.1) is 20.1 Å². The van der Waals surface area contributed by atoms with Crippen LogP contribution in [0.2, 0.25) is 0 Å². The molecule has 2 atom stereocenters. The monoisotopic (exact) mass is 774 g/mol. The molecule has 3 amide bonds. The highest BCUT2D eigenvalue weighted by Crippen LogP contribution is 2.20. The smallest absolute Gasteiger partial charge is 0.413 e. The Balaban J connectivity index is -0.000000721. The maximum atomic E-state index is 12.0. The van der Waals surface area contributed by atoms with Crippen molar-refractivity contribution >= 4 is 30.0 Å². The van der Waals surface area contributed by atoms with Crippen LogP contribution in [0.5, 0.6) is 23.0 Å². The van der Waals surface area contributed by atoms with Crippen molar-refractivity contribution < 1.29 is 38.5 Å². The molecule has 2 aromatic carbocycles. The van der Waals surface area contributed by atoms with Crippen molar-refractivity contribution in [1.82, 2.24) is 25.5 Å². The summed E-state index contributed by atoms with van der Waals surface area (Å²) < 4.78 is 16.6. The Kier molecular flexibility index (Phi) is 31.9. The lowest BCUT2D eigenvalue weighted by atomic mass is 9.95. The highest BCUT2D eigenvalue weighted by Gasteiger charge is 2.29. The summed E-state index contributed by atoms with van der Waals surface area (Å²) in [6.45, 7) is 0. The Morgan fingerprint density at radius 2 is 1.38 bits per heavy atom. The number of nitrogens with two attached hydrogens (primary N) is 4. The van der Waals surface area contributed by atoms with Crippen molar-refractivity contribution in [3.63, 3.8) is 0 Å². The van der Waals surface area contributed by atoms with E-state index in [9.17, 15) is 19.2 Å². The predicted octanol–water partition coefficient (Wildman–Crippen LogP) is 1.81. The number of phenolic OH excluding ortho intramolecular Hbond substituents is 1. The highest BCUT2D eigenvalue weighted by molar-refractivity contribution is 5.89. The zero-order valence-electron chi connectivity index (χ0n) is 32.4. The molecule has 0 aliphatic carbocycles. The molecule has 3 aromatic rings. The predicted molar refractivity (Wildman–Crippen MR) is 216 cm³/mol. The average molecular weight is 775 g/mol. The molecule has 12 N–H and O–H groups in total. The highest BCUT2D eigenvalue weighted by atomic mass is 16.6. The largest absolute Gasteiger partial charge is 0.508 e. The molecule has 1 aromatic heterocycles. The van der Waals surface area contributed by atoms with Crippen LogP contribution in [0, 0.1) is 5.92 Å². The summed E-state index contributed by atoms with van der Waals surface area (Å²) in [6, 6.07) is 12.4. The SMILES string of the molecule is C.CN.CN.CN.CN.CNC(=O)[C@H](CC1=CN=CC1)NC(=O)Oc1ccc(OC)cc1.CNC(=O)[C@H]1CC(=O)n2cncc2C1.COc1ccc(O)cc1. The molecule has 5 rings (SSSR count). The van der Waals surface area contributed by atoms with Gasteiger partial charge >= 0.3 is 6.09 Å². The van der Waals surface area contributed by atoms with Crippen LogP contribution in [-0.4, -0.2) is 107 Å². The van der Waals surface area contributed by atoms with E-state index in [4.69, 9.17) is 19.3 Å². The van der Waals surface area contributed by atoms with Gasteiger partial charge in [-0.1, -0.05) is 7.43 Å². The van der Waals surface area contributed by atoms with Crippen LogP contribution in [0.25, 0.3) is 0 Å². The number of nitrogens with zero attached hydrogens (tertiary/aromatic N) is 3. The van der Waals surface area contributed by atoms with Crippen LogP contribution < -0.4 is 53.1 Å². The zero-order chi connectivity index (χ0) is 41.5. The molecule has 3 heterocycles. The molecule has 18 nitrogen and oxygen atoms in total. The fourth-order valence-electron chi connectivity index (χ4n) is 4.39. The molecule has 308 valence electrons. The van der Waals surface area contributed by atoms with Crippen LogP contribution >= 0.6 is 0 Å². The maximum Gasteiger partial charge on any atom is 0.413 e. The lowest BCUT2D eigenvalue weighted by molar-refractivity contribution is -0.124. The first-order chi connectivity index (χ1) is 26.2. The molecule has 0 spiro atoms. The topological polar surface area (TPSA) is 287 Å². The number of imidazole rings is 1. The Hall–Kier alpha value is -5.82. The van der Waals surface area contributed by atoms with E-state index in [1.54, 1.807) is 88.4 Å². The number of carbonyl (C=O) groups excluding carboxylic acids is 4. The summed E-state index contributed by atoms with van der Waals surface area (Å²) in [5, 5.41) is 16.5. The number of ether oxygens (including phenoxy) is 3. The van der Waals surface area contributed by atoms with Crippen molar-refractivity contribution in [3.05, 3.63) is 78.5 Å². The summed E-state index contributed by atoms with van der Waals surface area (Å²) in [4.78, 5) is 54.6. The number of phenols is 1. The molecule has 0 saturated carbocycles. The summed E-state index contributed by atoms with van der Waals surface area (Å²) in [5.41, 5.74) is 19.8. The number of hydrogen-bond acceptors (Lipinski definition) is 14. The fraction of sp³-hybridized carbons (Fsp3) is 0.405. The summed E-state index contributed by atoms with van der Waals surface area (Å²) in [5.74, 6) is 1.38. The van der Waals surface area contributed by atoms with E-state index < -0.39 is 12.1 Å². The van der Waals surface area contributed by atoms with Gasteiger partial charge in [-0.2, -0.15) is 0 Å². The molecule has 18 heteroatoms. The van der Waals surface area contributed by atoms with E-state index in [0.29, 0.717) is 30.8 Å². The quantitative estimate of drug-likeness (QED) is 0.162. The van der Waals surface area contributed by atoms with Crippen molar-refractivity contribution in [2.24, 2.45) is 33.8 Å². The van der Waals surface area contributed by atoms with Crippen LogP contribution in [0.3, 0.4) is 0 Å². The third kappa shape index (κ3) is 20.3. The summed E-state index contributed by atoms with van der Waals surface area (Å²) in [6.07, 6.45) is 7.82. The van der Waals surface area contributed by atoms with E-state index >= 15 is 0 Å². The minimum absolute atomic E-state index is 0. The number of aromatic hydroxyl groups is 1. The van der Waals surface area contributed by atoms with Crippen molar-refractivity contribution in [1.29, 1.82) is 0 Å². The molecular weight excluding hydrogens is 712 g/mol. The van der Waals surface area contributed by atoms with Gasteiger partial charge in [0.15, 0.2) is 0 Å². The summed E-state index contributed by atoms with van der Waals surface area (Å²) in [7, 11) is 12.2. The second-order valence-electron chi connectivity index (χ2n) is 9.97. The lowest BCUT2D eigenvalue weighted by Gasteiger charge is -2.20. The second-order valence-corrected chi connectivity index (χ2v) is 9.97. The second kappa shape index (κ2) is 32.8. The molecule has 2 aliphatic rings. The molecule has 2 aliphatic heterocycles. The van der Waals surface area contributed by atoms with Gasteiger partial charge in [-0.3, -0.25) is 23.9 Å². The van der Waals surface area contributed by atoms with E-state index in [1.807, 2.05) is 0 Å². The number of fused-ring (bicyclic) bond motifs is 1. The van der Waals surface area contributed by atoms with Crippen molar-refractivity contribution in [2.45, 2.75) is 39.2 Å². The van der Waals surface area contributed by atoms with Crippen LogP contribution in [0.4, 0.5) is 4.79 Å². The van der Waals surface area contributed by atoms with Crippen molar-refractivity contribution in [2.75, 3.05) is 56.5 Å². The number of hydrogen-bond donors (Lipinski definition) is 8. The van der Waals surface area contributed by atoms with Crippen molar-refractivity contribution in [3.8, 4) is 23.0 Å². The third-order valence-corrected chi connectivity index (χ3v) is 6.86. The van der Waals surface area contributed by atoms with Gasteiger partial charge in [-0.25, -0.2) is 9.78 Å². The molecule has 0 saturated heterocycles. The lowest BCUT2D eigenvalue weighted by Crippen LogP contribution is -2.46. The fourth-order valence-corrected chi connectivity index (χ4v) is 4.39. The first kappa shape index (κ1) is 53.5. The number of rotatable bonds is 8. The summed E-state index contributed by atoms with van der Waals surface area (Å²) >= 11 is 0. The molecule has 0 unspecified atom stereocenters. The normalized spacial score (nSPS) is 12.9. The number of aromatic nitrogens is 2. The number of carbonyl (C=O) groups is 4. The van der Waals surface area contributed by atoms with Crippen LogP contribution in [0.15, 0.2) is 77.8 Å². The Labute approximate surface area is 324 Å². The standard InChI is InChI=1S/C16H19N3O4.C9H11N3O2.C7H8O2.4CH5N.CH4/c1-17-15(20)14(9-11-7-8-18-10-11)19-16(21)23-13-5-3-12(22-2)4-6-13;1-10-9(14)6-2-7-4-11-5-12(7)8(13)3-6;1-9-7-4-2-6(8)3-5-7;4*1-2;/h3-6,8,10,14H,7,9H2,1-2H3,(H,17,20)(H,19,21);4-6H,2-3H2,1H3,(H,10,14);2-5,8H,1H3;4*2H2,1H3;1H4/t14-;6-;;;;;;/m01....../s1. The molecule has 0 radical (unpaired) electrons. The Morgan fingerprint density at radius 1 is 0.855 bits per heavy atom. The number of aliphatic imine (C=N–C) groups is 1. The minimum atomic E-state index is -0.710. The maximum absolute atomic E-state index is 12.0. The van der Waals surface area contributed by atoms with Gasteiger partial charge in [-0.05, 0) is 88.7 Å². The Bertz CT molecular complexity index is 1550. The van der Waals surface area contributed by atoms with Gasteiger partial charge in [0.2, 0.25) is 17.7 Å². The molecule has 0 fully saturated rings.